The van der Waals surface area contributed by atoms with E-state index < -0.39 is 10.2 Å². The van der Waals surface area contributed by atoms with Gasteiger partial charge in [0.25, 0.3) is 10.2 Å². The van der Waals surface area contributed by atoms with Gasteiger partial charge in [-0.25, -0.2) is 0 Å². The van der Waals surface area contributed by atoms with Crippen molar-refractivity contribution in [3.05, 3.63) is 0 Å². The lowest BCUT2D eigenvalue weighted by atomic mass is 10.2. The van der Waals surface area contributed by atoms with Crippen LogP contribution in [0.4, 0.5) is 0 Å². The fourth-order valence-corrected chi connectivity index (χ4v) is 3.72. The Morgan fingerprint density at radius 3 is 2.19 bits per heavy atom. The lowest BCUT2D eigenvalue weighted by molar-refractivity contribution is 0.350. The van der Waals surface area contributed by atoms with Crippen molar-refractivity contribution in [2.45, 2.75) is 32.6 Å². The lowest BCUT2D eigenvalue weighted by Gasteiger charge is -2.27. The third-order valence-corrected chi connectivity index (χ3v) is 5.06. The van der Waals surface area contributed by atoms with Crippen LogP contribution in [0.2, 0.25) is 0 Å². The van der Waals surface area contributed by atoms with Gasteiger partial charge in [0.2, 0.25) is 0 Å². The van der Waals surface area contributed by atoms with E-state index in [1.807, 2.05) is 6.92 Å². The van der Waals surface area contributed by atoms with Crippen LogP contribution in [0.15, 0.2) is 0 Å². The molecule has 0 atom stereocenters. The van der Waals surface area contributed by atoms with E-state index >= 15 is 0 Å². The molecule has 0 saturated carbocycles. The molecule has 6 heteroatoms. The maximum Gasteiger partial charge on any atom is 0.282 e. The molecule has 1 rings (SSSR count). The van der Waals surface area contributed by atoms with Crippen LogP contribution in [0.25, 0.3) is 0 Å². The summed E-state index contributed by atoms with van der Waals surface area (Å²) in [5.74, 6) is 0. The number of nitrogens with zero attached hydrogens (tertiary/aromatic N) is 2. The second-order valence-electron chi connectivity index (χ2n) is 4.10. The van der Waals surface area contributed by atoms with E-state index in [1.54, 1.807) is 4.31 Å². The molecular weight excluding hydrogens is 226 g/mol. The number of hydrogen-bond donors (Lipinski definition) is 1. The van der Waals surface area contributed by atoms with Gasteiger partial charge in [-0.15, -0.1) is 0 Å². The second kappa shape index (κ2) is 6.54. The predicted octanol–water partition coefficient (Wildman–Crippen LogP) is 0.388. The van der Waals surface area contributed by atoms with Crippen LogP contribution in [-0.4, -0.2) is 49.8 Å². The van der Waals surface area contributed by atoms with Crippen molar-refractivity contribution >= 4 is 10.2 Å². The highest BCUT2D eigenvalue weighted by Crippen LogP contribution is 2.15. The van der Waals surface area contributed by atoms with E-state index in [-0.39, 0.29) is 0 Å². The first-order valence-electron chi connectivity index (χ1n) is 6.08. The summed E-state index contributed by atoms with van der Waals surface area (Å²) in [6, 6.07) is 0. The fourth-order valence-electron chi connectivity index (χ4n) is 2.02. The Balaban J connectivity index is 2.72. The highest BCUT2D eigenvalue weighted by atomic mass is 32.2. The maximum absolute atomic E-state index is 12.3. The number of rotatable bonds is 5. The maximum atomic E-state index is 12.3. The molecule has 0 aromatic carbocycles. The number of nitrogens with two attached hydrogens (primary N) is 1. The molecule has 0 aromatic heterocycles. The minimum Gasteiger partial charge on any atom is -0.329 e. The molecule has 2 N–H and O–H groups in total. The normalized spacial score (nSPS) is 19.9. The molecule has 1 aliphatic heterocycles. The predicted molar refractivity (Wildman–Crippen MR) is 65.3 cm³/mol. The summed E-state index contributed by atoms with van der Waals surface area (Å²) < 4.78 is 27.6. The molecule has 0 bridgehead atoms. The van der Waals surface area contributed by atoms with E-state index in [0.29, 0.717) is 32.7 Å². The van der Waals surface area contributed by atoms with Gasteiger partial charge in [0.1, 0.15) is 0 Å². The van der Waals surface area contributed by atoms with Gasteiger partial charge in [-0.3, -0.25) is 0 Å². The standard InChI is InChI=1S/C10H23N3O2S/c1-2-12(10-7-11)16(14,15)13-8-5-3-4-6-9-13/h2-11H2,1H3. The van der Waals surface area contributed by atoms with Crippen LogP contribution in [0.5, 0.6) is 0 Å². The molecule has 1 heterocycles. The topological polar surface area (TPSA) is 66.6 Å². The van der Waals surface area contributed by atoms with Gasteiger partial charge in [-0.1, -0.05) is 19.8 Å². The van der Waals surface area contributed by atoms with E-state index in [1.165, 1.54) is 4.31 Å². The largest absolute Gasteiger partial charge is 0.329 e. The molecular formula is C10H23N3O2S. The molecule has 0 aliphatic carbocycles. The molecule has 0 radical (unpaired) electrons. The lowest BCUT2D eigenvalue weighted by Crippen LogP contribution is -2.45. The van der Waals surface area contributed by atoms with Gasteiger partial charge in [0.05, 0.1) is 0 Å². The molecule has 16 heavy (non-hydrogen) atoms. The SMILES string of the molecule is CCN(CCN)S(=O)(=O)N1CCCCCC1. The van der Waals surface area contributed by atoms with E-state index in [9.17, 15) is 8.42 Å². The van der Waals surface area contributed by atoms with Crippen LogP contribution in [0.3, 0.4) is 0 Å². The Kier molecular flexibility index (Phi) is 5.68. The van der Waals surface area contributed by atoms with Crippen molar-refractivity contribution in [1.82, 2.24) is 8.61 Å². The summed E-state index contributed by atoms with van der Waals surface area (Å²) in [7, 11) is -3.27. The smallest absolute Gasteiger partial charge is 0.282 e. The van der Waals surface area contributed by atoms with Crippen LogP contribution in [0.1, 0.15) is 32.6 Å². The van der Waals surface area contributed by atoms with Gasteiger partial charge in [-0.05, 0) is 12.8 Å². The summed E-state index contributed by atoms with van der Waals surface area (Å²) in [4.78, 5) is 0. The number of hydrogen-bond acceptors (Lipinski definition) is 3. The molecule has 5 nitrogen and oxygen atoms in total. The van der Waals surface area contributed by atoms with Crippen molar-refractivity contribution < 1.29 is 8.42 Å². The zero-order chi connectivity index (χ0) is 12.0. The van der Waals surface area contributed by atoms with Gasteiger partial charge in [0, 0.05) is 32.7 Å². The Morgan fingerprint density at radius 1 is 1.19 bits per heavy atom. The average molecular weight is 249 g/mol. The van der Waals surface area contributed by atoms with E-state index in [4.69, 9.17) is 5.73 Å². The number of likely N-dealkylation sites (N-methyl/N-ethyl adjacent to an activating group) is 1. The van der Waals surface area contributed by atoms with E-state index in [0.717, 1.165) is 25.7 Å². The Hall–Kier alpha value is -0.170. The third kappa shape index (κ3) is 3.41. The van der Waals surface area contributed by atoms with Crippen molar-refractivity contribution in [3.63, 3.8) is 0 Å². The molecule has 0 spiro atoms. The molecule has 1 aliphatic rings. The Labute approximate surface area is 98.8 Å². The Bertz CT molecular complexity index is 284. The van der Waals surface area contributed by atoms with Crippen LogP contribution in [0, 0.1) is 0 Å². The van der Waals surface area contributed by atoms with Crippen molar-refractivity contribution in [1.29, 1.82) is 0 Å². The first-order valence-corrected chi connectivity index (χ1v) is 7.48. The highest BCUT2D eigenvalue weighted by molar-refractivity contribution is 7.86. The summed E-state index contributed by atoms with van der Waals surface area (Å²) in [5.41, 5.74) is 5.44. The second-order valence-corrected chi connectivity index (χ2v) is 6.03. The average Bonchev–Trinajstić information content (AvgIpc) is 2.54. The minimum absolute atomic E-state index is 0.376. The van der Waals surface area contributed by atoms with E-state index in [2.05, 4.69) is 0 Å². The highest BCUT2D eigenvalue weighted by Gasteiger charge is 2.28. The third-order valence-electron chi connectivity index (χ3n) is 2.95. The van der Waals surface area contributed by atoms with Gasteiger partial charge < -0.3 is 5.73 Å². The summed E-state index contributed by atoms with van der Waals surface area (Å²) >= 11 is 0. The van der Waals surface area contributed by atoms with Gasteiger partial charge in [0.15, 0.2) is 0 Å². The van der Waals surface area contributed by atoms with Crippen molar-refractivity contribution in [2.75, 3.05) is 32.7 Å². The van der Waals surface area contributed by atoms with Crippen LogP contribution in [-0.2, 0) is 10.2 Å². The molecule has 0 amide bonds. The molecule has 1 fully saturated rings. The Morgan fingerprint density at radius 2 is 1.75 bits per heavy atom. The van der Waals surface area contributed by atoms with Crippen molar-refractivity contribution in [2.24, 2.45) is 5.73 Å². The van der Waals surface area contributed by atoms with Crippen LogP contribution >= 0.6 is 0 Å². The molecule has 0 unspecified atom stereocenters. The summed E-state index contributed by atoms with van der Waals surface area (Å²) in [5, 5.41) is 0. The van der Waals surface area contributed by atoms with Gasteiger partial charge >= 0.3 is 0 Å². The zero-order valence-electron chi connectivity index (χ0n) is 10.1. The van der Waals surface area contributed by atoms with Crippen LogP contribution < -0.4 is 5.73 Å². The minimum atomic E-state index is -3.27. The first kappa shape index (κ1) is 13.9. The molecule has 0 aromatic rings. The first-order chi connectivity index (χ1) is 7.62. The summed E-state index contributed by atoms with van der Waals surface area (Å²) in [6.07, 6.45) is 4.21. The van der Waals surface area contributed by atoms with Gasteiger partial charge in [-0.2, -0.15) is 17.0 Å². The monoisotopic (exact) mass is 249 g/mol. The molecule has 96 valence electrons. The molecule has 1 saturated heterocycles. The quantitative estimate of drug-likeness (QED) is 0.766. The summed E-state index contributed by atoms with van der Waals surface area (Å²) in [6.45, 7) is 4.45. The zero-order valence-corrected chi connectivity index (χ0v) is 10.9. The van der Waals surface area contributed by atoms with Crippen molar-refractivity contribution in [3.8, 4) is 0 Å². The fraction of sp³-hybridized carbons (Fsp3) is 1.00.